The van der Waals surface area contributed by atoms with E-state index in [0.717, 1.165) is 50.5 Å². The van der Waals surface area contributed by atoms with Crippen LogP contribution < -0.4 is 15.4 Å². The number of benzene rings is 1. The van der Waals surface area contributed by atoms with Crippen molar-refractivity contribution in [3.05, 3.63) is 29.8 Å². The summed E-state index contributed by atoms with van der Waals surface area (Å²) in [7, 11) is -3.41. The van der Waals surface area contributed by atoms with E-state index in [4.69, 9.17) is 4.74 Å². The molecule has 7 nitrogen and oxygen atoms in total. The molecule has 1 fully saturated rings. The third-order valence-corrected chi connectivity index (χ3v) is 6.28. The van der Waals surface area contributed by atoms with Crippen LogP contribution in [0, 0.1) is 5.92 Å². The van der Waals surface area contributed by atoms with Gasteiger partial charge in [-0.3, -0.25) is 0 Å². The molecule has 1 aromatic carbocycles. The number of nitrogens with zero attached hydrogens (tertiary/aromatic N) is 1. The summed E-state index contributed by atoms with van der Waals surface area (Å²) in [5, 5.41) is 6.60. The lowest BCUT2D eigenvalue weighted by Crippen LogP contribution is -2.39. The van der Waals surface area contributed by atoms with Crippen molar-refractivity contribution in [2.45, 2.75) is 70.5 Å². The van der Waals surface area contributed by atoms with Crippen LogP contribution in [0.1, 0.15) is 52.5 Å². The number of guanidine groups is 1. The molecule has 2 rings (SSSR count). The molecule has 0 aliphatic heterocycles. The first-order valence-corrected chi connectivity index (χ1v) is 12.1. The molecule has 0 bridgehead atoms. The summed E-state index contributed by atoms with van der Waals surface area (Å²) in [6.07, 6.45) is 2.99. The van der Waals surface area contributed by atoms with E-state index in [2.05, 4.69) is 34.2 Å². The van der Waals surface area contributed by atoms with Gasteiger partial charge >= 0.3 is 0 Å². The minimum Gasteiger partial charge on any atom is -0.378 e. The summed E-state index contributed by atoms with van der Waals surface area (Å²) in [4.78, 5) is 4.91. The maximum absolute atomic E-state index is 12.2. The number of sulfonamides is 1. The van der Waals surface area contributed by atoms with Crippen molar-refractivity contribution >= 4 is 40.0 Å². The maximum atomic E-state index is 12.2. The third kappa shape index (κ3) is 9.49. The minimum absolute atomic E-state index is 0. The van der Waals surface area contributed by atoms with E-state index in [1.54, 1.807) is 12.1 Å². The van der Waals surface area contributed by atoms with Gasteiger partial charge in [0.05, 0.1) is 17.5 Å². The molecule has 0 heterocycles. The summed E-state index contributed by atoms with van der Waals surface area (Å²) >= 11 is 0. The SMILES string of the molecule is CCNC(=NCc1ccc(S(=O)(=O)NC2CC2)cc1)NCCC(OCC)C(C)C.I. The van der Waals surface area contributed by atoms with Gasteiger partial charge < -0.3 is 15.4 Å². The monoisotopic (exact) mass is 552 g/mol. The van der Waals surface area contributed by atoms with Crippen molar-refractivity contribution in [3.63, 3.8) is 0 Å². The average Bonchev–Trinajstić information content (AvgIpc) is 3.49. The van der Waals surface area contributed by atoms with E-state index in [1.165, 1.54) is 0 Å². The minimum atomic E-state index is -3.41. The molecule has 1 aromatic rings. The Bertz CT molecular complexity index is 750. The van der Waals surface area contributed by atoms with Crippen LogP contribution in [0.3, 0.4) is 0 Å². The fourth-order valence-electron chi connectivity index (χ4n) is 2.93. The summed E-state index contributed by atoms with van der Waals surface area (Å²) in [5.41, 5.74) is 0.960. The number of nitrogens with one attached hydrogen (secondary N) is 3. The van der Waals surface area contributed by atoms with Crippen LogP contribution in [0.2, 0.25) is 0 Å². The molecule has 3 N–H and O–H groups in total. The van der Waals surface area contributed by atoms with Gasteiger partial charge in [-0.25, -0.2) is 18.1 Å². The van der Waals surface area contributed by atoms with E-state index >= 15 is 0 Å². The number of hydrogen-bond donors (Lipinski definition) is 3. The Morgan fingerprint density at radius 2 is 1.83 bits per heavy atom. The van der Waals surface area contributed by atoms with Gasteiger partial charge in [-0.2, -0.15) is 0 Å². The Kier molecular flexibility index (Phi) is 12.2. The molecule has 172 valence electrons. The number of aliphatic imine (C=N–C) groups is 1. The molecule has 1 unspecified atom stereocenters. The Hall–Kier alpha value is -0.910. The Morgan fingerprint density at radius 3 is 2.37 bits per heavy atom. The molecule has 0 amide bonds. The lowest BCUT2D eigenvalue weighted by Gasteiger charge is -2.21. The second-order valence-corrected chi connectivity index (χ2v) is 9.40. The van der Waals surface area contributed by atoms with Crippen LogP contribution in [0.4, 0.5) is 0 Å². The van der Waals surface area contributed by atoms with Gasteiger partial charge in [0.2, 0.25) is 10.0 Å². The fraction of sp³-hybridized carbons (Fsp3) is 0.667. The van der Waals surface area contributed by atoms with Crippen LogP contribution in [0.5, 0.6) is 0 Å². The Balaban J connectivity index is 0.00000450. The zero-order valence-corrected chi connectivity index (χ0v) is 21.6. The number of ether oxygens (including phenoxy) is 1. The van der Waals surface area contributed by atoms with Crippen LogP contribution >= 0.6 is 24.0 Å². The van der Waals surface area contributed by atoms with Crippen molar-refractivity contribution in [3.8, 4) is 0 Å². The number of rotatable bonds is 12. The third-order valence-electron chi connectivity index (χ3n) is 4.74. The first-order chi connectivity index (χ1) is 13.9. The number of hydrogen-bond acceptors (Lipinski definition) is 4. The predicted molar refractivity (Wildman–Crippen MR) is 133 cm³/mol. The van der Waals surface area contributed by atoms with Crippen LogP contribution in [0.25, 0.3) is 0 Å². The molecular formula is C21H37IN4O3S. The second-order valence-electron chi connectivity index (χ2n) is 7.69. The smallest absolute Gasteiger partial charge is 0.240 e. The van der Waals surface area contributed by atoms with Crippen LogP contribution in [0.15, 0.2) is 34.2 Å². The zero-order valence-electron chi connectivity index (χ0n) is 18.5. The molecule has 30 heavy (non-hydrogen) atoms. The molecule has 0 spiro atoms. The van der Waals surface area contributed by atoms with E-state index in [0.29, 0.717) is 17.4 Å². The molecule has 0 saturated heterocycles. The van der Waals surface area contributed by atoms with Crippen LogP contribution in [-0.4, -0.2) is 46.2 Å². The largest absolute Gasteiger partial charge is 0.378 e. The summed E-state index contributed by atoms with van der Waals surface area (Å²) in [6, 6.07) is 7.03. The zero-order chi connectivity index (χ0) is 21.3. The lowest BCUT2D eigenvalue weighted by molar-refractivity contribution is 0.0258. The molecule has 0 radical (unpaired) electrons. The fourth-order valence-corrected chi connectivity index (χ4v) is 4.24. The highest BCUT2D eigenvalue weighted by Crippen LogP contribution is 2.22. The van der Waals surface area contributed by atoms with Crippen molar-refractivity contribution in [2.75, 3.05) is 19.7 Å². The molecular weight excluding hydrogens is 515 g/mol. The van der Waals surface area contributed by atoms with E-state index in [9.17, 15) is 8.42 Å². The van der Waals surface area contributed by atoms with Gasteiger partial charge in [0.1, 0.15) is 0 Å². The Morgan fingerprint density at radius 1 is 1.17 bits per heavy atom. The van der Waals surface area contributed by atoms with Crippen molar-refractivity contribution in [1.29, 1.82) is 0 Å². The van der Waals surface area contributed by atoms with E-state index in [1.807, 2.05) is 26.0 Å². The van der Waals surface area contributed by atoms with Gasteiger partial charge in [-0.15, -0.1) is 24.0 Å². The molecule has 1 atom stereocenters. The highest BCUT2D eigenvalue weighted by molar-refractivity contribution is 14.0. The molecule has 1 aliphatic carbocycles. The van der Waals surface area contributed by atoms with E-state index < -0.39 is 10.0 Å². The van der Waals surface area contributed by atoms with Crippen molar-refractivity contribution in [1.82, 2.24) is 15.4 Å². The molecule has 1 aliphatic rings. The molecule has 1 saturated carbocycles. The van der Waals surface area contributed by atoms with Gasteiger partial charge in [-0.1, -0.05) is 26.0 Å². The normalized spacial score (nSPS) is 15.6. The average molecular weight is 553 g/mol. The van der Waals surface area contributed by atoms with Gasteiger partial charge in [0.15, 0.2) is 5.96 Å². The second kappa shape index (κ2) is 13.5. The van der Waals surface area contributed by atoms with Crippen molar-refractivity contribution < 1.29 is 13.2 Å². The standard InChI is InChI=1S/C21H36N4O3S.HI/c1-5-22-21(23-14-13-20(16(3)4)28-6-2)24-15-17-7-11-19(12-8-17)29(26,27)25-18-9-10-18;/h7-8,11-12,16,18,20,25H,5-6,9-10,13-15H2,1-4H3,(H2,22,23,24);1H. The summed E-state index contributed by atoms with van der Waals surface area (Å²) in [5.74, 6) is 1.22. The quantitative estimate of drug-likeness (QED) is 0.211. The highest BCUT2D eigenvalue weighted by Gasteiger charge is 2.27. The number of halogens is 1. The molecule has 0 aromatic heterocycles. The van der Waals surface area contributed by atoms with Gasteiger partial charge in [0.25, 0.3) is 0 Å². The maximum Gasteiger partial charge on any atom is 0.240 e. The van der Waals surface area contributed by atoms with Crippen molar-refractivity contribution in [2.24, 2.45) is 10.9 Å². The lowest BCUT2D eigenvalue weighted by atomic mass is 10.0. The topological polar surface area (TPSA) is 91.8 Å². The highest BCUT2D eigenvalue weighted by atomic mass is 127. The molecule has 9 heteroatoms. The Labute approximate surface area is 198 Å². The van der Waals surface area contributed by atoms with Crippen LogP contribution in [-0.2, 0) is 21.3 Å². The first kappa shape index (κ1) is 27.1. The first-order valence-electron chi connectivity index (χ1n) is 10.6. The van der Waals surface area contributed by atoms with Gasteiger partial charge in [-0.05, 0) is 56.7 Å². The summed E-state index contributed by atoms with van der Waals surface area (Å²) < 4.78 is 33.0. The van der Waals surface area contributed by atoms with Gasteiger partial charge in [0, 0.05) is 25.7 Å². The summed E-state index contributed by atoms with van der Waals surface area (Å²) in [6.45, 7) is 11.1. The predicted octanol–water partition coefficient (Wildman–Crippen LogP) is 3.25. The van der Waals surface area contributed by atoms with E-state index in [-0.39, 0.29) is 36.1 Å².